The van der Waals surface area contributed by atoms with Crippen molar-refractivity contribution in [2.75, 3.05) is 25.1 Å². The Morgan fingerprint density at radius 1 is 1.06 bits per heavy atom. The van der Waals surface area contributed by atoms with Crippen LogP contribution in [0.5, 0.6) is 5.75 Å². The third kappa shape index (κ3) is 4.35. The molecule has 0 bridgehead atoms. The number of carboxylic acid groups (broad SMARTS) is 1. The van der Waals surface area contributed by atoms with Crippen LogP contribution in [0.3, 0.4) is 0 Å². The third-order valence-electron chi connectivity index (χ3n) is 5.14. The zero-order chi connectivity index (χ0) is 22.0. The Bertz CT molecular complexity index is 1100. The molecule has 9 heteroatoms. The highest BCUT2D eigenvalue weighted by atomic mass is 19.1. The Labute approximate surface area is 178 Å². The van der Waals surface area contributed by atoms with E-state index in [4.69, 9.17) is 4.74 Å². The molecule has 1 fully saturated rings. The summed E-state index contributed by atoms with van der Waals surface area (Å²) in [6, 6.07) is 14.4. The molecule has 2 amide bonds. The van der Waals surface area contributed by atoms with Gasteiger partial charge in [0.05, 0.1) is 13.7 Å². The number of carbonyl (C=O) groups excluding carboxylic acids is 1. The van der Waals surface area contributed by atoms with Crippen molar-refractivity contribution in [2.45, 2.75) is 13.1 Å². The van der Waals surface area contributed by atoms with Gasteiger partial charge in [-0.15, -0.1) is 0 Å². The van der Waals surface area contributed by atoms with Crippen LogP contribution in [0, 0.1) is 5.82 Å². The maximum atomic E-state index is 13.1. The van der Waals surface area contributed by atoms with Crippen molar-refractivity contribution in [3.63, 3.8) is 0 Å². The summed E-state index contributed by atoms with van der Waals surface area (Å²) >= 11 is 0. The second-order valence-corrected chi connectivity index (χ2v) is 7.18. The highest BCUT2D eigenvalue weighted by molar-refractivity contribution is 5.95. The number of anilines is 1. The zero-order valence-corrected chi connectivity index (χ0v) is 16.9. The van der Waals surface area contributed by atoms with Gasteiger partial charge in [0.25, 0.3) is 0 Å². The first-order valence-electron chi connectivity index (χ1n) is 9.69. The molecule has 4 rings (SSSR count). The highest BCUT2D eigenvalue weighted by Crippen LogP contribution is 2.23. The number of aromatic nitrogens is 2. The van der Waals surface area contributed by atoms with Crippen molar-refractivity contribution in [1.29, 1.82) is 0 Å². The van der Waals surface area contributed by atoms with Crippen molar-refractivity contribution >= 4 is 17.8 Å². The first kappa shape index (κ1) is 20.4. The van der Waals surface area contributed by atoms with Crippen molar-refractivity contribution in [2.24, 2.45) is 0 Å². The number of carbonyl (C=O) groups is 2. The summed E-state index contributed by atoms with van der Waals surface area (Å²) in [4.78, 5) is 27.7. The number of nitrogens with zero attached hydrogens (tertiary/aromatic N) is 4. The molecule has 0 saturated carbocycles. The Hall–Kier alpha value is -3.88. The summed E-state index contributed by atoms with van der Waals surface area (Å²) in [6.45, 7) is 1.43. The van der Waals surface area contributed by atoms with E-state index in [0.717, 1.165) is 11.1 Å². The summed E-state index contributed by atoms with van der Waals surface area (Å²) in [5.74, 6) is -0.464. The molecule has 0 aliphatic carbocycles. The first-order chi connectivity index (χ1) is 14.9. The van der Waals surface area contributed by atoms with E-state index in [0.29, 0.717) is 25.4 Å². The van der Waals surface area contributed by atoms with Crippen LogP contribution in [-0.2, 0) is 13.1 Å². The van der Waals surface area contributed by atoms with Crippen molar-refractivity contribution < 1.29 is 23.8 Å². The summed E-state index contributed by atoms with van der Waals surface area (Å²) in [5, 5.41) is 14.0. The van der Waals surface area contributed by atoms with E-state index in [1.54, 1.807) is 36.3 Å². The molecule has 0 spiro atoms. The summed E-state index contributed by atoms with van der Waals surface area (Å²) in [7, 11) is 1.57. The second kappa shape index (κ2) is 8.47. The van der Waals surface area contributed by atoms with E-state index >= 15 is 0 Å². The fourth-order valence-electron chi connectivity index (χ4n) is 3.48. The molecule has 160 valence electrons. The SMILES string of the molecule is COc1ccc(Cn2nc(N3CCN(Cc4ccc(F)cc4)C3=O)cc2C(=O)O)cc1. The van der Waals surface area contributed by atoms with Gasteiger partial charge in [-0.25, -0.2) is 14.0 Å². The Balaban J connectivity index is 1.52. The van der Waals surface area contributed by atoms with E-state index < -0.39 is 5.97 Å². The number of aromatic carboxylic acids is 1. The molecule has 31 heavy (non-hydrogen) atoms. The normalized spacial score (nSPS) is 13.7. The lowest BCUT2D eigenvalue weighted by Gasteiger charge is -2.17. The van der Waals surface area contributed by atoms with E-state index in [1.807, 2.05) is 12.1 Å². The molecule has 1 aliphatic rings. The molecule has 8 nitrogen and oxygen atoms in total. The molecule has 2 heterocycles. The molecule has 2 aromatic carbocycles. The number of methoxy groups -OCH3 is 1. The number of benzene rings is 2. The van der Waals surface area contributed by atoms with Crippen LogP contribution in [0.1, 0.15) is 21.6 Å². The summed E-state index contributed by atoms with van der Waals surface area (Å²) < 4.78 is 19.6. The standard InChI is InChI=1S/C22H21FN4O4/c1-31-18-8-4-16(5-9-18)14-27-19(21(28)29)12-20(24-27)26-11-10-25(22(26)30)13-15-2-6-17(23)7-3-15/h2-9,12H,10-11,13-14H2,1H3,(H,28,29). The molecule has 0 radical (unpaired) electrons. The predicted octanol–water partition coefficient (Wildman–Crippen LogP) is 3.22. The van der Waals surface area contributed by atoms with Gasteiger partial charge in [-0.3, -0.25) is 9.58 Å². The summed E-state index contributed by atoms with van der Waals surface area (Å²) in [6.07, 6.45) is 0. The minimum Gasteiger partial charge on any atom is -0.497 e. The van der Waals surface area contributed by atoms with Crippen LogP contribution in [-0.4, -0.2) is 52.0 Å². The van der Waals surface area contributed by atoms with Crippen molar-refractivity contribution in [3.05, 3.63) is 77.2 Å². The number of carboxylic acids is 1. The molecule has 1 saturated heterocycles. The molecular weight excluding hydrogens is 403 g/mol. The molecule has 0 unspecified atom stereocenters. The lowest BCUT2D eigenvalue weighted by molar-refractivity contribution is 0.0684. The molecule has 3 aromatic rings. The van der Waals surface area contributed by atoms with Gasteiger partial charge in [0.2, 0.25) is 0 Å². The van der Waals surface area contributed by atoms with Gasteiger partial charge < -0.3 is 14.7 Å². The van der Waals surface area contributed by atoms with Gasteiger partial charge in [-0.1, -0.05) is 24.3 Å². The van der Waals surface area contributed by atoms with Gasteiger partial charge >= 0.3 is 12.0 Å². The number of rotatable bonds is 7. The average molecular weight is 424 g/mol. The monoisotopic (exact) mass is 424 g/mol. The fraction of sp³-hybridized carbons (Fsp3) is 0.227. The molecule has 0 atom stereocenters. The van der Waals surface area contributed by atoms with E-state index in [9.17, 15) is 19.1 Å². The summed E-state index contributed by atoms with van der Waals surface area (Å²) in [5.41, 5.74) is 1.66. The van der Waals surface area contributed by atoms with E-state index in [-0.39, 0.29) is 29.9 Å². The fourth-order valence-corrected chi connectivity index (χ4v) is 3.48. The van der Waals surface area contributed by atoms with Crippen LogP contribution in [0.15, 0.2) is 54.6 Å². The Kier molecular flexibility index (Phi) is 5.57. The number of urea groups is 1. The first-order valence-corrected chi connectivity index (χ1v) is 9.69. The van der Waals surface area contributed by atoms with Crippen LogP contribution in [0.2, 0.25) is 0 Å². The van der Waals surface area contributed by atoms with Crippen LogP contribution >= 0.6 is 0 Å². The minimum absolute atomic E-state index is 0.00407. The Morgan fingerprint density at radius 2 is 1.71 bits per heavy atom. The average Bonchev–Trinajstić information content (AvgIpc) is 3.34. The molecule has 1 N–H and O–H groups in total. The van der Waals surface area contributed by atoms with Gasteiger partial charge in [0.15, 0.2) is 5.82 Å². The Morgan fingerprint density at radius 3 is 2.35 bits per heavy atom. The van der Waals surface area contributed by atoms with Crippen molar-refractivity contribution in [3.8, 4) is 5.75 Å². The number of amides is 2. The molecule has 1 aromatic heterocycles. The third-order valence-corrected chi connectivity index (χ3v) is 5.14. The quantitative estimate of drug-likeness (QED) is 0.629. The minimum atomic E-state index is -1.12. The van der Waals surface area contributed by atoms with Crippen LogP contribution < -0.4 is 9.64 Å². The van der Waals surface area contributed by atoms with Gasteiger partial charge in [-0.05, 0) is 35.4 Å². The highest BCUT2D eigenvalue weighted by Gasteiger charge is 2.32. The number of hydrogen-bond acceptors (Lipinski definition) is 4. The van der Waals surface area contributed by atoms with Crippen molar-refractivity contribution in [1.82, 2.24) is 14.7 Å². The number of ether oxygens (including phenoxy) is 1. The lowest BCUT2D eigenvalue weighted by Crippen LogP contribution is -2.31. The topological polar surface area (TPSA) is 87.9 Å². The number of halogens is 1. The van der Waals surface area contributed by atoms with Gasteiger partial charge in [0.1, 0.15) is 17.3 Å². The second-order valence-electron chi connectivity index (χ2n) is 7.18. The molecule has 1 aliphatic heterocycles. The van der Waals surface area contributed by atoms with E-state index in [1.165, 1.54) is 27.8 Å². The molecular formula is C22H21FN4O4. The van der Waals surface area contributed by atoms with Gasteiger partial charge in [0, 0.05) is 25.7 Å². The van der Waals surface area contributed by atoms with Crippen LogP contribution in [0.4, 0.5) is 15.0 Å². The van der Waals surface area contributed by atoms with Crippen LogP contribution in [0.25, 0.3) is 0 Å². The smallest absolute Gasteiger partial charge is 0.354 e. The number of hydrogen-bond donors (Lipinski definition) is 1. The lowest BCUT2D eigenvalue weighted by atomic mass is 10.2. The predicted molar refractivity (Wildman–Crippen MR) is 111 cm³/mol. The maximum Gasteiger partial charge on any atom is 0.354 e. The zero-order valence-electron chi connectivity index (χ0n) is 16.9. The van der Waals surface area contributed by atoms with Gasteiger partial charge in [-0.2, -0.15) is 5.10 Å². The largest absolute Gasteiger partial charge is 0.497 e. The van der Waals surface area contributed by atoms with E-state index in [2.05, 4.69) is 5.10 Å². The maximum absolute atomic E-state index is 13.1.